The number of hydrogen-bond acceptors (Lipinski definition) is 8. The molecular weight excluding hydrogens is 625 g/mol. The zero-order chi connectivity index (χ0) is 33.4. The number of nitrogens with zero attached hydrogens (tertiary/aromatic N) is 1. The maximum absolute atomic E-state index is 13.7. The van der Waals surface area contributed by atoms with Crippen LogP contribution in [-0.4, -0.2) is 39.9 Å². The highest BCUT2D eigenvalue weighted by Crippen LogP contribution is 2.27. The Labute approximate surface area is 284 Å². The predicted octanol–water partition coefficient (Wildman–Crippen LogP) is 6.78. The van der Waals surface area contributed by atoms with Crippen LogP contribution < -0.4 is 5.32 Å². The molecule has 2 atom stereocenters. The van der Waals surface area contributed by atoms with Crippen LogP contribution in [0, 0.1) is 0 Å². The van der Waals surface area contributed by atoms with Crippen molar-refractivity contribution < 1.29 is 28.3 Å². The third kappa shape index (κ3) is 10.7. The van der Waals surface area contributed by atoms with Crippen LogP contribution in [0.5, 0.6) is 0 Å². The van der Waals surface area contributed by atoms with E-state index in [1.165, 1.54) is 18.2 Å². The number of rotatable bonds is 17. The zero-order valence-electron chi connectivity index (χ0n) is 26.5. The van der Waals surface area contributed by atoms with E-state index in [1.54, 1.807) is 0 Å². The lowest BCUT2D eigenvalue weighted by atomic mass is 10.1. The number of hydrogen-bond donors (Lipinski definition) is 1. The van der Waals surface area contributed by atoms with E-state index in [9.17, 15) is 14.4 Å². The number of amides is 1. The Bertz CT molecular complexity index is 1710. The number of esters is 2. The zero-order valence-corrected chi connectivity index (χ0v) is 27.4. The van der Waals surface area contributed by atoms with Crippen LogP contribution in [0.15, 0.2) is 132 Å². The first-order chi connectivity index (χ1) is 23.5. The lowest BCUT2D eigenvalue weighted by Crippen LogP contribution is -2.38. The van der Waals surface area contributed by atoms with Gasteiger partial charge in [-0.3, -0.25) is 9.59 Å². The molecule has 0 radical (unpaired) electrons. The van der Waals surface area contributed by atoms with E-state index in [4.69, 9.17) is 13.9 Å². The molecule has 0 aliphatic carbocycles. The molecule has 9 heteroatoms. The average molecular weight is 663 g/mol. The highest BCUT2D eigenvalue weighted by atomic mass is 32.2. The molecule has 0 bridgehead atoms. The minimum Gasteiger partial charge on any atom is -0.460 e. The number of ether oxygens (including phenoxy) is 2. The first-order valence-electron chi connectivity index (χ1n) is 15.9. The fourth-order valence-electron chi connectivity index (χ4n) is 5.05. The molecule has 0 saturated heterocycles. The van der Waals surface area contributed by atoms with Crippen molar-refractivity contribution in [1.29, 1.82) is 0 Å². The maximum Gasteiger partial charge on any atom is 0.360 e. The third-order valence-corrected chi connectivity index (χ3v) is 9.07. The number of benzene rings is 4. The molecule has 48 heavy (non-hydrogen) atoms. The highest BCUT2D eigenvalue weighted by Gasteiger charge is 2.30. The van der Waals surface area contributed by atoms with Gasteiger partial charge in [0.15, 0.2) is 12.1 Å². The summed E-state index contributed by atoms with van der Waals surface area (Å²) >= 11 is 1.32. The molecule has 5 rings (SSSR count). The van der Waals surface area contributed by atoms with Gasteiger partial charge in [-0.05, 0) is 41.5 Å². The van der Waals surface area contributed by atoms with E-state index in [-0.39, 0.29) is 43.7 Å². The van der Waals surface area contributed by atoms with Gasteiger partial charge < -0.3 is 19.2 Å². The van der Waals surface area contributed by atoms with Gasteiger partial charge in [-0.1, -0.05) is 121 Å². The van der Waals surface area contributed by atoms with Crippen LogP contribution in [0.25, 0.3) is 0 Å². The smallest absolute Gasteiger partial charge is 0.360 e. The molecule has 5 aromatic rings. The lowest BCUT2D eigenvalue weighted by Gasteiger charge is -2.22. The maximum atomic E-state index is 13.7. The largest absolute Gasteiger partial charge is 0.460 e. The van der Waals surface area contributed by atoms with Crippen molar-refractivity contribution in [2.24, 2.45) is 0 Å². The van der Waals surface area contributed by atoms with Gasteiger partial charge >= 0.3 is 11.9 Å². The fourth-order valence-corrected chi connectivity index (χ4v) is 6.38. The van der Waals surface area contributed by atoms with Gasteiger partial charge in [-0.15, -0.1) is 11.8 Å². The van der Waals surface area contributed by atoms with Crippen molar-refractivity contribution in [3.8, 4) is 0 Å². The molecule has 0 fully saturated rings. The van der Waals surface area contributed by atoms with Crippen molar-refractivity contribution in [3.63, 3.8) is 0 Å². The first kappa shape index (κ1) is 34.2. The predicted molar refractivity (Wildman–Crippen MR) is 185 cm³/mol. The SMILES string of the molecule is O=C(OCc1ccccc1)c1ncoc1CCNC(=O)C(Cc1ccccc1)S[C@@H](CCc1ccccc1)C(=O)OCc1ccccc1. The van der Waals surface area contributed by atoms with E-state index >= 15 is 0 Å². The van der Waals surface area contributed by atoms with Crippen LogP contribution in [0.1, 0.15) is 44.9 Å². The summed E-state index contributed by atoms with van der Waals surface area (Å²) in [4.78, 5) is 44.0. The standard InChI is InChI=1S/C39H38N2O6S/c42-37(40-24-23-33-36(41-28-47-33)39(44)46-27-32-19-11-4-12-20-32)35(25-30-15-7-2-8-16-30)48-34(22-21-29-13-5-1-6-14-29)38(43)45-26-31-17-9-3-10-18-31/h1-20,28,34-35H,21-27H2,(H,40,42)/t34-,35?/m0/s1. The van der Waals surface area contributed by atoms with E-state index in [0.717, 1.165) is 22.3 Å². The van der Waals surface area contributed by atoms with E-state index in [2.05, 4.69) is 10.3 Å². The number of aromatic nitrogens is 1. The van der Waals surface area contributed by atoms with Crippen LogP contribution >= 0.6 is 11.8 Å². The monoisotopic (exact) mass is 662 g/mol. The summed E-state index contributed by atoms with van der Waals surface area (Å²) in [6, 6.07) is 38.6. The third-order valence-electron chi connectivity index (χ3n) is 7.61. The molecular formula is C39H38N2O6S. The Morgan fingerprint density at radius 1 is 0.667 bits per heavy atom. The molecule has 0 spiro atoms. The molecule has 8 nitrogen and oxygen atoms in total. The van der Waals surface area contributed by atoms with E-state index in [1.807, 2.05) is 121 Å². The van der Waals surface area contributed by atoms with E-state index < -0.39 is 16.5 Å². The second-order valence-electron chi connectivity index (χ2n) is 11.1. The van der Waals surface area contributed by atoms with Crippen LogP contribution in [-0.2, 0) is 51.5 Å². The highest BCUT2D eigenvalue weighted by molar-refractivity contribution is 8.01. The fraction of sp³-hybridized carbons (Fsp3) is 0.231. The Balaban J connectivity index is 1.24. The molecule has 246 valence electrons. The molecule has 1 heterocycles. The van der Waals surface area contributed by atoms with Gasteiger partial charge in [0, 0.05) is 13.0 Å². The second-order valence-corrected chi connectivity index (χ2v) is 12.6. The molecule has 0 saturated carbocycles. The number of aryl methyl sites for hydroxylation is 1. The number of oxazole rings is 1. The quantitative estimate of drug-likeness (QED) is 0.109. The summed E-state index contributed by atoms with van der Waals surface area (Å²) in [5.74, 6) is -0.851. The Kier molecular flexibility index (Phi) is 13.0. The van der Waals surface area contributed by atoms with E-state index in [0.29, 0.717) is 25.0 Å². The van der Waals surface area contributed by atoms with Gasteiger partial charge in [-0.2, -0.15) is 0 Å². The van der Waals surface area contributed by atoms with Crippen molar-refractivity contribution >= 4 is 29.6 Å². The van der Waals surface area contributed by atoms with Crippen LogP contribution in [0.2, 0.25) is 0 Å². The molecule has 1 N–H and O–H groups in total. The summed E-state index contributed by atoms with van der Waals surface area (Å²) in [6.45, 7) is 0.469. The average Bonchev–Trinajstić information content (AvgIpc) is 3.61. The summed E-state index contributed by atoms with van der Waals surface area (Å²) in [5, 5.41) is 1.83. The van der Waals surface area contributed by atoms with Gasteiger partial charge in [0.25, 0.3) is 0 Å². The molecule has 4 aromatic carbocycles. The van der Waals surface area contributed by atoms with Crippen LogP contribution in [0.4, 0.5) is 0 Å². The number of carbonyl (C=O) groups excluding carboxylic acids is 3. The summed E-state index contributed by atoms with van der Waals surface area (Å²) in [7, 11) is 0. The second kappa shape index (κ2) is 18.3. The van der Waals surface area contributed by atoms with Gasteiger partial charge in [-0.25, -0.2) is 9.78 Å². The molecule has 0 aliphatic rings. The van der Waals surface area contributed by atoms with Crippen molar-refractivity contribution in [2.45, 2.75) is 49.4 Å². The van der Waals surface area contributed by atoms with Crippen LogP contribution in [0.3, 0.4) is 0 Å². The lowest BCUT2D eigenvalue weighted by molar-refractivity contribution is -0.144. The van der Waals surface area contributed by atoms with Gasteiger partial charge in [0.05, 0.1) is 5.25 Å². The van der Waals surface area contributed by atoms with Crippen molar-refractivity contribution in [3.05, 3.63) is 161 Å². The molecule has 1 aromatic heterocycles. The minimum absolute atomic E-state index is 0.0810. The minimum atomic E-state index is -0.596. The molecule has 1 amide bonds. The Morgan fingerprint density at radius 3 is 1.81 bits per heavy atom. The number of thioether (sulfide) groups is 1. The Hall–Kier alpha value is -5.15. The van der Waals surface area contributed by atoms with Crippen molar-refractivity contribution in [2.75, 3.05) is 6.54 Å². The number of nitrogens with one attached hydrogen (secondary N) is 1. The van der Waals surface area contributed by atoms with Gasteiger partial charge in [0.1, 0.15) is 24.2 Å². The normalized spacial score (nSPS) is 12.1. The Morgan fingerprint density at radius 2 is 1.21 bits per heavy atom. The van der Waals surface area contributed by atoms with Crippen molar-refractivity contribution in [1.82, 2.24) is 10.3 Å². The summed E-state index contributed by atoms with van der Waals surface area (Å²) in [5.41, 5.74) is 3.91. The molecule has 0 aliphatic heterocycles. The topological polar surface area (TPSA) is 108 Å². The molecule has 1 unspecified atom stereocenters. The number of carbonyl (C=O) groups is 3. The first-order valence-corrected chi connectivity index (χ1v) is 16.8. The summed E-state index contributed by atoms with van der Waals surface area (Å²) < 4.78 is 16.7. The summed E-state index contributed by atoms with van der Waals surface area (Å²) in [6.07, 6.45) is 3.02. The van der Waals surface area contributed by atoms with Gasteiger partial charge in [0.2, 0.25) is 5.91 Å².